The van der Waals surface area contributed by atoms with E-state index >= 15 is 0 Å². The summed E-state index contributed by atoms with van der Waals surface area (Å²) in [6.45, 7) is 11.1. The van der Waals surface area contributed by atoms with Crippen LogP contribution >= 0.6 is 0 Å². The Morgan fingerprint density at radius 3 is 1.35 bits per heavy atom. The van der Waals surface area contributed by atoms with E-state index in [0.29, 0.717) is 26.2 Å². The Hall–Kier alpha value is -3.10. The van der Waals surface area contributed by atoms with Crippen LogP contribution in [0.1, 0.15) is 45.4 Å². The number of nitrogens with one attached hydrogen (secondary N) is 2. The van der Waals surface area contributed by atoms with Gasteiger partial charge in [0.25, 0.3) is 0 Å². The largest absolute Gasteiger partial charge is 0.507 e. The van der Waals surface area contributed by atoms with Gasteiger partial charge in [-0.2, -0.15) is 0 Å². The van der Waals surface area contributed by atoms with Crippen molar-refractivity contribution in [3.05, 3.63) is 93.5 Å². The Labute approximate surface area is 291 Å². The van der Waals surface area contributed by atoms with Crippen molar-refractivity contribution in [2.45, 2.75) is 65.1 Å². The summed E-state index contributed by atoms with van der Waals surface area (Å²) in [6.07, 6.45) is 0.921. The minimum Gasteiger partial charge on any atom is -0.507 e. The highest BCUT2D eigenvalue weighted by Gasteiger charge is 2.20. The second-order valence-corrected chi connectivity index (χ2v) is 13.4. The number of rotatable bonds is 16. The second kappa shape index (κ2) is 19.9. The van der Waals surface area contributed by atoms with Crippen LogP contribution < -0.4 is 10.6 Å². The highest BCUT2D eigenvalue weighted by atomic mass is 16.3. The minimum atomic E-state index is -0.446. The van der Waals surface area contributed by atoms with Crippen molar-refractivity contribution in [2.75, 3.05) is 65.7 Å². The van der Waals surface area contributed by atoms with Gasteiger partial charge in [-0.15, -0.1) is 0 Å². The van der Waals surface area contributed by atoms with E-state index in [1.54, 1.807) is 0 Å². The van der Waals surface area contributed by atoms with Crippen LogP contribution in [0.3, 0.4) is 0 Å². The average Bonchev–Trinajstić information content (AvgIpc) is 3.10. The predicted molar refractivity (Wildman–Crippen MR) is 192 cm³/mol. The van der Waals surface area contributed by atoms with E-state index in [2.05, 4.69) is 49.6 Å². The van der Waals surface area contributed by atoms with Crippen molar-refractivity contribution >= 4 is 0 Å². The number of nitrogens with zero attached hydrogens (tertiary/aromatic N) is 3. The number of phenolic OH excluding ortho intramolecular Hbond substituents is 2. The Bertz CT molecular complexity index is 1330. The van der Waals surface area contributed by atoms with E-state index in [9.17, 15) is 30.6 Å². The van der Waals surface area contributed by atoms with E-state index in [0.717, 1.165) is 85.6 Å². The first-order chi connectivity index (χ1) is 23.7. The molecule has 0 spiro atoms. The van der Waals surface area contributed by atoms with Crippen molar-refractivity contribution in [1.82, 2.24) is 25.3 Å². The molecule has 0 amide bonds. The zero-order chi connectivity index (χ0) is 35.2. The van der Waals surface area contributed by atoms with Gasteiger partial charge < -0.3 is 41.3 Å². The lowest BCUT2D eigenvalue weighted by atomic mass is 10.0. The van der Waals surface area contributed by atoms with Crippen LogP contribution in [0.25, 0.3) is 0 Å². The van der Waals surface area contributed by atoms with Gasteiger partial charge >= 0.3 is 0 Å². The van der Waals surface area contributed by atoms with Gasteiger partial charge in [-0.3, -0.25) is 14.7 Å². The Morgan fingerprint density at radius 2 is 0.939 bits per heavy atom. The Morgan fingerprint density at radius 1 is 0.551 bits per heavy atom. The van der Waals surface area contributed by atoms with E-state index in [1.807, 2.05) is 44.2 Å². The summed E-state index contributed by atoms with van der Waals surface area (Å²) >= 11 is 0. The molecule has 0 radical (unpaired) electrons. The van der Waals surface area contributed by atoms with Gasteiger partial charge in [0.2, 0.25) is 0 Å². The third-order valence-corrected chi connectivity index (χ3v) is 9.32. The lowest BCUT2D eigenvalue weighted by Gasteiger charge is -2.33. The summed E-state index contributed by atoms with van der Waals surface area (Å²) < 4.78 is 0. The van der Waals surface area contributed by atoms with Crippen LogP contribution in [0.5, 0.6) is 11.5 Å². The SMILES string of the molecule is Cc1cc(CNC(CO)CO)c(O)c(CN2CCCN(Cc3cc(C)cc(CNC(CO)CO)c3O)CCN(Cc3ccccc3)CC2)c1. The van der Waals surface area contributed by atoms with E-state index in [-0.39, 0.29) is 37.9 Å². The zero-order valence-corrected chi connectivity index (χ0v) is 29.2. The maximum atomic E-state index is 11.3. The second-order valence-electron chi connectivity index (χ2n) is 13.4. The van der Waals surface area contributed by atoms with E-state index < -0.39 is 12.1 Å². The number of aliphatic hydroxyl groups is 4. The van der Waals surface area contributed by atoms with Gasteiger partial charge in [-0.25, -0.2) is 0 Å². The zero-order valence-electron chi connectivity index (χ0n) is 29.2. The molecule has 0 unspecified atom stereocenters. The molecular weight excluding hydrogens is 622 g/mol. The van der Waals surface area contributed by atoms with E-state index in [4.69, 9.17) is 0 Å². The first kappa shape index (κ1) is 38.7. The summed E-state index contributed by atoms with van der Waals surface area (Å²) in [4.78, 5) is 7.29. The maximum Gasteiger partial charge on any atom is 0.124 e. The first-order valence-electron chi connectivity index (χ1n) is 17.5. The molecule has 11 heteroatoms. The number of aliphatic hydroxyl groups excluding tert-OH is 4. The van der Waals surface area contributed by atoms with Crippen LogP contribution in [0.2, 0.25) is 0 Å². The molecule has 0 aliphatic carbocycles. The molecule has 8 N–H and O–H groups in total. The van der Waals surface area contributed by atoms with Crippen molar-refractivity contribution in [1.29, 1.82) is 0 Å². The molecule has 270 valence electrons. The Balaban J connectivity index is 1.52. The fourth-order valence-corrected chi connectivity index (χ4v) is 6.48. The van der Waals surface area contributed by atoms with Gasteiger partial charge in [0.15, 0.2) is 0 Å². The summed E-state index contributed by atoms with van der Waals surface area (Å²) in [5, 5.41) is 66.7. The third kappa shape index (κ3) is 12.0. The van der Waals surface area contributed by atoms with Gasteiger partial charge in [-0.1, -0.05) is 65.7 Å². The molecule has 3 aromatic rings. The normalized spacial score (nSPS) is 15.8. The minimum absolute atomic E-state index is 0.183. The van der Waals surface area contributed by atoms with Gasteiger partial charge in [-0.05, 0) is 38.9 Å². The Kier molecular flexibility index (Phi) is 15.7. The standard InChI is InChI=1S/C38H57N5O6/c1-28-15-31(19-39-35(24-44)25-45)37(48)33(17-28)22-41-9-6-10-42(12-14-43(13-11-41)21-30-7-4-3-5-8-30)23-34-18-29(2)16-32(38(34)49)20-40-36(26-46)27-47/h3-5,7-8,15-18,35-36,39-40,44-49H,6,9-14,19-27H2,1-2H3. The highest BCUT2D eigenvalue weighted by molar-refractivity contribution is 5.44. The summed E-state index contributed by atoms with van der Waals surface area (Å²) in [5.41, 5.74) is 6.56. The molecule has 11 nitrogen and oxygen atoms in total. The fraction of sp³-hybridized carbons (Fsp3) is 0.526. The average molecular weight is 680 g/mol. The van der Waals surface area contributed by atoms with Crippen molar-refractivity contribution in [2.24, 2.45) is 0 Å². The van der Waals surface area contributed by atoms with Crippen LogP contribution in [-0.4, -0.2) is 123 Å². The fourth-order valence-electron chi connectivity index (χ4n) is 6.48. The smallest absolute Gasteiger partial charge is 0.124 e. The number of hydrogen-bond acceptors (Lipinski definition) is 11. The number of aromatic hydroxyl groups is 2. The molecular formula is C38H57N5O6. The first-order valence-corrected chi connectivity index (χ1v) is 17.5. The molecule has 0 atom stereocenters. The van der Waals surface area contributed by atoms with Crippen LogP contribution in [0.15, 0.2) is 54.6 Å². The molecule has 1 aliphatic rings. The predicted octanol–water partition coefficient (Wildman–Crippen LogP) is 1.81. The van der Waals surface area contributed by atoms with Crippen molar-refractivity contribution in [3.8, 4) is 11.5 Å². The summed E-state index contributed by atoms with van der Waals surface area (Å²) in [7, 11) is 0. The molecule has 0 bridgehead atoms. The highest BCUT2D eigenvalue weighted by Crippen LogP contribution is 2.28. The van der Waals surface area contributed by atoms with Crippen LogP contribution in [0, 0.1) is 13.8 Å². The molecule has 1 heterocycles. The molecule has 1 aliphatic heterocycles. The van der Waals surface area contributed by atoms with Gasteiger partial charge in [0, 0.05) is 81.2 Å². The summed E-state index contributed by atoms with van der Waals surface area (Å²) in [5.74, 6) is 0.495. The molecule has 1 fully saturated rings. The van der Waals surface area contributed by atoms with Crippen molar-refractivity contribution in [3.63, 3.8) is 0 Å². The number of benzene rings is 3. The number of aryl methyl sites for hydroxylation is 2. The van der Waals surface area contributed by atoms with Gasteiger partial charge in [0.1, 0.15) is 11.5 Å². The quantitative estimate of drug-likeness (QED) is 0.112. The topological polar surface area (TPSA) is 155 Å². The number of phenols is 2. The van der Waals surface area contributed by atoms with Crippen LogP contribution in [0.4, 0.5) is 0 Å². The van der Waals surface area contributed by atoms with E-state index in [1.165, 1.54) is 5.56 Å². The summed E-state index contributed by atoms with van der Waals surface area (Å²) in [6, 6.07) is 17.6. The lowest BCUT2D eigenvalue weighted by molar-refractivity contribution is 0.138. The molecule has 0 saturated carbocycles. The van der Waals surface area contributed by atoms with Crippen molar-refractivity contribution < 1.29 is 30.6 Å². The molecule has 49 heavy (non-hydrogen) atoms. The maximum absolute atomic E-state index is 11.3. The molecule has 0 aromatic heterocycles. The third-order valence-electron chi connectivity index (χ3n) is 9.32. The van der Waals surface area contributed by atoms with Gasteiger partial charge in [0.05, 0.1) is 38.5 Å². The number of hydrogen-bond donors (Lipinski definition) is 8. The molecule has 3 aromatic carbocycles. The van der Waals surface area contributed by atoms with Crippen LogP contribution in [-0.2, 0) is 32.7 Å². The monoisotopic (exact) mass is 679 g/mol. The molecule has 4 rings (SSSR count). The molecule has 1 saturated heterocycles. The lowest BCUT2D eigenvalue weighted by Crippen LogP contribution is -2.42.